The van der Waals surface area contributed by atoms with Gasteiger partial charge in [0.15, 0.2) is 6.29 Å². The number of alkyl halides is 3. The van der Waals surface area contributed by atoms with Crippen LogP contribution in [0.25, 0.3) is 0 Å². The molecule has 76 valence electrons. The van der Waals surface area contributed by atoms with Crippen molar-refractivity contribution in [3.05, 3.63) is 27.5 Å². The third-order valence-corrected chi connectivity index (χ3v) is 2.57. The van der Waals surface area contributed by atoms with Crippen LogP contribution in [0.4, 0.5) is 8.78 Å². The summed E-state index contributed by atoms with van der Waals surface area (Å²) in [5.74, 6) is -0.166. The predicted molar refractivity (Wildman–Crippen MR) is 51.8 cm³/mol. The first-order valence-corrected chi connectivity index (χ1v) is 4.91. The fourth-order valence-electron chi connectivity index (χ4n) is 1.01. The van der Waals surface area contributed by atoms with Crippen molar-refractivity contribution in [3.8, 4) is 0 Å². The van der Waals surface area contributed by atoms with Gasteiger partial charge in [0.1, 0.15) is 5.69 Å². The Morgan fingerprint density at radius 2 is 2.29 bits per heavy atom. The van der Waals surface area contributed by atoms with Gasteiger partial charge in [0.2, 0.25) is 0 Å². The van der Waals surface area contributed by atoms with Gasteiger partial charge in [-0.2, -0.15) is 0 Å². The molecule has 0 N–H and O–H groups in total. The van der Waals surface area contributed by atoms with Crippen molar-refractivity contribution >= 4 is 33.8 Å². The van der Waals surface area contributed by atoms with Crippen LogP contribution in [-0.4, -0.2) is 11.3 Å². The molecule has 1 rings (SSSR count). The first-order valence-electron chi connectivity index (χ1n) is 3.58. The molecule has 0 amide bonds. The van der Waals surface area contributed by atoms with Crippen LogP contribution < -0.4 is 0 Å². The summed E-state index contributed by atoms with van der Waals surface area (Å²) in [6, 6.07) is 0. The van der Waals surface area contributed by atoms with Crippen molar-refractivity contribution in [3.63, 3.8) is 0 Å². The standard InChI is InChI=1S/C8H5BrClF2NO/c9-6-2-13-7(8(11)12)4(1-10)5(6)3-14/h2-3,8H,1H2. The maximum absolute atomic E-state index is 12.4. The second-order valence-corrected chi connectivity index (χ2v) is 3.56. The monoisotopic (exact) mass is 283 g/mol. The second-order valence-electron chi connectivity index (χ2n) is 2.44. The Hall–Kier alpha value is -0.550. The Morgan fingerprint density at radius 3 is 2.71 bits per heavy atom. The predicted octanol–water partition coefficient (Wildman–Crippen LogP) is 3.33. The van der Waals surface area contributed by atoms with Crippen LogP contribution in [0.5, 0.6) is 0 Å². The molecule has 0 fully saturated rings. The van der Waals surface area contributed by atoms with Gasteiger partial charge in [0, 0.05) is 21.8 Å². The minimum atomic E-state index is -2.73. The number of rotatable bonds is 3. The summed E-state index contributed by atoms with van der Waals surface area (Å²) in [6.07, 6.45) is -1.08. The zero-order valence-electron chi connectivity index (χ0n) is 6.81. The maximum atomic E-state index is 12.4. The molecule has 0 radical (unpaired) electrons. The highest BCUT2D eigenvalue weighted by Gasteiger charge is 2.18. The molecule has 0 saturated heterocycles. The normalized spacial score (nSPS) is 10.6. The van der Waals surface area contributed by atoms with Crippen LogP contribution in [0.3, 0.4) is 0 Å². The topological polar surface area (TPSA) is 30.0 Å². The van der Waals surface area contributed by atoms with Crippen molar-refractivity contribution in [2.45, 2.75) is 12.3 Å². The van der Waals surface area contributed by atoms with E-state index in [0.717, 1.165) is 0 Å². The molecule has 0 spiro atoms. The summed E-state index contributed by atoms with van der Waals surface area (Å²) >= 11 is 8.51. The van der Waals surface area contributed by atoms with Crippen LogP contribution >= 0.6 is 27.5 Å². The number of nitrogens with zero attached hydrogens (tertiary/aromatic N) is 1. The van der Waals surface area contributed by atoms with E-state index in [9.17, 15) is 13.6 Å². The third kappa shape index (κ3) is 2.09. The highest BCUT2D eigenvalue weighted by atomic mass is 79.9. The Balaban J connectivity index is 3.40. The van der Waals surface area contributed by atoms with E-state index < -0.39 is 12.1 Å². The Bertz CT molecular complexity index is 359. The lowest BCUT2D eigenvalue weighted by atomic mass is 10.1. The minimum absolute atomic E-state index is 0.0750. The van der Waals surface area contributed by atoms with E-state index in [1.807, 2.05) is 0 Å². The summed E-state index contributed by atoms with van der Waals surface area (Å²) in [6.45, 7) is 0. The van der Waals surface area contributed by atoms with Gasteiger partial charge in [-0.25, -0.2) is 8.78 Å². The SMILES string of the molecule is O=Cc1c(Br)cnc(C(F)F)c1CCl. The largest absolute Gasteiger partial charge is 0.298 e. The highest BCUT2D eigenvalue weighted by molar-refractivity contribution is 9.10. The Kier molecular flexibility index (Phi) is 3.95. The van der Waals surface area contributed by atoms with E-state index in [2.05, 4.69) is 20.9 Å². The van der Waals surface area contributed by atoms with E-state index >= 15 is 0 Å². The first-order chi connectivity index (χ1) is 6.61. The molecular formula is C8H5BrClF2NO. The van der Waals surface area contributed by atoms with Gasteiger partial charge in [-0.15, -0.1) is 11.6 Å². The Labute approximate surface area is 92.4 Å². The van der Waals surface area contributed by atoms with E-state index in [4.69, 9.17) is 11.6 Å². The lowest BCUT2D eigenvalue weighted by Crippen LogP contribution is -2.02. The second kappa shape index (κ2) is 4.79. The number of aromatic nitrogens is 1. The molecule has 0 unspecified atom stereocenters. The average molecular weight is 284 g/mol. The van der Waals surface area contributed by atoms with Crippen molar-refractivity contribution in [1.82, 2.24) is 4.98 Å². The molecule has 1 heterocycles. The number of halogens is 4. The van der Waals surface area contributed by atoms with E-state index in [1.54, 1.807) is 0 Å². The van der Waals surface area contributed by atoms with E-state index in [0.29, 0.717) is 10.8 Å². The van der Waals surface area contributed by atoms with Crippen molar-refractivity contribution in [2.24, 2.45) is 0 Å². The van der Waals surface area contributed by atoms with E-state index in [-0.39, 0.29) is 17.0 Å². The number of aldehydes is 1. The van der Waals surface area contributed by atoms with Crippen molar-refractivity contribution in [2.75, 3.05) is 0 Å². The molecule has 0 aromatic carbocycles. The quantitative estimate of drug-likeness (QED) is 0.629. The van der Waals surface area contributed by atoms with Crippen molar-refractivity contribution < 1.29 is 13.6 Å². The van der Waals surface area contributed by atoms with Gasteiger partial charge >= 0.3 is 0 Å². The van der Waals surface area contributed by atoms with E-state index in [1.165, 1.54) is 6.20 Å². The number of carbonyl (C=O) groups is 1. The molecule has 2 nitrogen and oxygen atoms in total. The molecule has 0 aliphatic carbocycles. The highest BCUT2D eigenvalue weighted by Crippen LogP contribution is 2.28. The van der Waals surface area contributed by atoms with Crippen LogP contribution in [0.15, 0.2) is 10.7 Å². The lowest BCUT2D eigenvalue weighted by Gasteiger charge is -2.08. The third-order valence-electron chi connectivity index (χ3n) is 1.67. The molecular weight excluding hydrogens is 279 g/mol. The fraction of sp³-hybridized carbons (Fsp3) is 0.250. The van der Waals surface area contributed by atoms with Crippen LogP contribution in [0.2, 0.25) is 0 Å². The summed E-state index contributed by atoms with van der Waals surface area (Å²) in [4.78, 5) is 14.1. The van der Waals surface area contributed by atoms with Crippen LogP contribution in [0.1, 0.15) is 28.0 Å². The lowest BCUT2D eigenvalue weighted by molar-refractivity contribution is 0.112. The average Bonchev–Trinajstić information content (AvgIpc) is 2.16. The summed E-state index contributed by atoms with van der Waals surface area (Å²) < 4.78 is 25.2. The molecule has 1 aromatic heterocycles. The molecule has 0 saturated carbocycles. The van der Waals surface area contributed by atoms with Crippen LogP contribution in [-0.2, 0) is 5.88 Å². The number of pyridine rings is 1. The molecule has 1 aromatic rings. The summed E-state index contributed by atoms with van der Waals surface area (Å²) in [5.41, 5.74) is -0.235. The molecule has 0 atom stereocenters. The summed E-state index contributed by atoms with van der Waals surface area (Å²) in [7, 11) is 0. The van der Waals surface area contributed by atoms with Gasteiger partial charge in [-0.3, -0.25) is 9.78 Å². The fourth-order valence-corrected chi connectivity index (χ4v) is 1.73. The van der Waals surface area contributed by atoms with Gasteiger partial charge < -0.3 is 0 Å². The van der Waals surface area contributed by atoms with Gasteiger partial charge in [0.25, 0.3) is 6.43 Å². The maximum Gasteiger partial charge on any atom is 0.280 e. The molecule has 6 heteroatoms. The molecule has 14 heavy (non-hydrogen) atoms. The van der Waals surface area contributed by atoms with Gasteiger partial charge in [-0.1, -0.05) is 0 Å². The van der Waals surface area contributed by atoms with Gasteiger partial charge in [0.05, 0.1) is 5.88 Å². The first kappa shape index (κ1) is 11.5. The zero-order chi connectivity index (χ0) is 10.7. The molecule has 0 aliphatic rings. The number of carbonyl (C=O) groups excluding carboxylic acids is 1. The number of hydrogen-bond donors (Lipinski definition) is 0. The Morgan fingerprint density at radius 1 is 1.64 bits per heavy atom. The minimum Gasteiger partial charge on any atom is -0.298 e. The smallest absolute Gasteiger partial charge is 0.280 e. The number of hydrogen-bond acceptors (Lipinski definition) is 2. The zero-order valence-corrected chi connectivity index (χ0v) is 9.15. The van der Waals surface area contributed by atoms with Gasteiger partial charge in [-0.05, 0) is 15.9 Å². The van der Waals surface area contributed by atoms with Crippen LogP contribution in [0, 0.1) is 0 Å². The summed E-state index contributed by atoms with van der Waals surface area (Å²) in [5, 5.41) is 0. The molecule has 0 aliphatic heterocycles. The molecule has 0 bridgehead atoms. The van der Waals surface area contributed by atoms with Crippen molar-refractivity contribution in [1.29, 1.82) is 0 Å².